The van der Waals surface area contributed by atoms with Gasteiger partial charge >= 0.3 is 23.9 Å². The lowest BCUT2D eigenvalue weighted by atomic mass is 10.1. The molecule has 0 N–H and O–H groups in total. The van der Waals surface area contributed by atoms with Gasteiger partial charge in [-0.25, -0.2) is 24.2 Å². The van der Waals surface area contributed by atoms with Crippen LogP contribution in [0, 0.1) is 5.92 Å². The predicted molar refractivity (Wildman–Crippen MR) is 274 cm³/mol. The summed E-state index contributed by atoms with van der Waals surface area (Å²) < 4.78 is 34.7. The van der Waals surface area contributed by atoms with Crippen molar-refractivity contribution in [1.82, 2.24) is 4.98 Å². The van der Waals surface area contributed by atoms with Gasteiger partial charge in [0.25, 0.3) is 0 Å². The predicted octanol–water partition coefficient (Wildman–Crippen LogP) is 12.6. The molecule has 0 radical (unpaired) electrons. The summed E-state index contributed by atoms with van der Waals surface area (Å²) in [7, 11) is 0. The SMILES string of the molecule is C=CC(=O)OCCCCCCOc1ccc(C(=O)OCCc2ccc(OC(=O)c3ccc(OCCCCCCOC(=O)C=C)cc3)c(C=NC3(c4nc5ccccc5s4)CC3CCCCCC)c2)cc1. The number of fused-ring (bicyclic) bond motifs is 1. The number of nitrogens with zero attached hydrogens (tertiary/aromatic N) is 2. The Hall–Kier alpha value is -6.60. The van der Waals surface area contributed by atoms with Crippen LogP contribution in [0.3, 0.4) is 0 Å². The minimum Gasteiger partial charge on any atom is -0.494 e. The van der Waals surface area contributed by atoms with E-state index in [9.17, 15) is 19.2 Å². The van der Waals surface area contributed by atoms with Crippen molar-refractivity contribution in [2.75, 3.05) is 33.0 Å². The van der Waals surface area contributed by atoms with Gasteiger partial charge in [0.15, 0.2) is 0 Å². The number of aliphatic imine (C=N–C) groups is 1. The molecule has 1 fully saturated rings. The highest BCUT2D eigenvalue weighted by atomic mass is 32.1. The van der Waals surface area contributed by atoms with Gasteiger partial charge in [-0.3, -0.25) is 4.99 Å². The van der Waals surface area contributed by atoms with E-state index in [0.29, 0.717) is 72.7 Å². The molecule has 12 nitrogen and oxygen atoms in total. The van der Waals surface area contributed by atoms with Crippen LogP contribution in [-0.4, -0.2) is 68.1 Å². The van der Waals surface area contributed by atoms with Crippen LogP contribution in [-0.2, 0) is 35.8 Å². The van der Waals surface area contributed by atoms with Gasteiger partial charge in [-0.2, -0.15) is 0 Å². The van der Waals surface area contributed by atoms with Crippen molar-refractivity contribution >= 4 is 51.6 Å². The third-order valence-corrected chi connectivity index (χ3v) is 13.3. The quantitative estimate of drug-likeness (QED) is 0.0101. The molecule has 70 heavy (non-hydrogen) atoms. The number of esters is 4. The summed E-state index contributed by atoms with van der Waals surface area (Å²) in [6, 6.07) is 27.6. The average molecular weight is 971 g/mol. The van der Waals surface area contributed by atoms with Gasteiger partial charge < -0.3 is 28.4 Å². The number of rotatable bonds is 32. The van der Waals surface area contributed by atoms with E-state index < -0.39 is 29.4 Å². The minimum absolute atomic E-state index is 0.136. The Balaban J connectivity index is 1.08. The zero-order valence-electron chi connectivity index (χ0n) is 40.4. The lowest BCUT2D eigenvalue weighted by molar-refractivity contribution is -0.138. The Morgan fingerprint density at radius 2 is 1.26 bits per heavy atom. The molecule has 0 saturated heterocycles. The van der Waals surface area contributed by atoms with Gasteiger partial charge in [0, 0.05) is 30.4 Å². The second-order valence-electron chi connectivity index (χ2n) is 17.4. The van der Waals surface area contributed by atoms with E-state index in [-0.39, 0.29) is 6.61 Å². The van der Waals surface area contributed by atoms with Crippen LogP contribution >= 0.6 is 11.3 Å². The van der Waals surface area contributed by atoms with Gasteiger partial charge in [-0.15, -0.1) is 11.3 Å². The molecule has 1 aliphatic rings. The Morgan fingerprint density at radius 3 is 1.86 bits per heavy atom. The fourth-order valence-electron chi connectivity index (χ4n) is 7.98. The highest BCUT2D eigenvalue weighted by Crippen LogP contribution is 2.59. The molecule has 370 valence electrons. The van der Waals surface area contributed by atoms with Crippen LogP contribution in [0.5, 0.6) is 17.2 Å². The first-order valence-corrected chi connectivity index (χ1v) is 25.5. The molecule has 1 saturated carbocycles. The second kappa shape index (κ2) is 28.2. The van der Waals surface area contributed by atoms with E-state index in [1.165, 1.54) is 19.3 Å². The molecule has 0 spiro atoms. The van der Waals surface area contributed by atoms with Crippen molar-refractivity contribution in [3.8, 4) is 17.2 Å². The molecule has 4 aromatic carbocycles. The van der Waals surface area contributed by atoms with Gasteiger partial charge in [-0.1, -0.05) is 64.0 Å². The molecule has 1 aromatic heterocycles. The zero-order valence-corrected chi connectivity index (χ0v) is 41.2. The highest BCUT2D eigenvalue weighted by Gasteiger charge is 2.57. The molecule has 2 unspecified atom stereocenters. The summed E-state index contributed by atoms with van der Waals surface area (Å²) in [5, 5.41) is 0.998. The number of hydrogen-bond acceptors (Lipinski definition) is 13. The fraction of sp³-hybridized carbons (Fsp3) is 0.404. The van der Waals surface area contributed by atoms with E-state index in [1.54, 1.807) is 65.9 Å². The number of ether oxygens (including phenoxy) is 6. The number of benzene rings is 4. The van der Waals surface area contributed by atoms with Crippen molar-refractivity contribution in [2.45, 2.75) is 109 Å². The molecular weight excluding hydrogens is 905 g/mol. The van der Waals surface area contributed by atoms with Gasteiger partial charge in [0.1, 0.15) is 27.8 Å². The van der Waals surface area contributed by atoms with E-state index in [2.05, 4.69) is 26.1 Å². The minimum atomic E-state index is -0.515. The number of aromatic nitrogens is 1. The van der Waals surface area contributed by atoms with E-state index in [4.69, 9.17) is 38.4 Å². The van der Waals surface area contributed by atoms with Crippen molar-refractivity contribution in [3.63, 3.8) is 0 Å². The van der Waals surface area contributed by atoms with Crippen LogP contribution in [0.4, 0.5) is 0 Å². The summed E-state index contributed by atoms with van der Waals surface area (Å²) in [6.07, 6.45) is 18.2. The molecular formula is C57H66N2O10S. The second-order valence-corrected chi connectivity index (χ2v) is 18.4. The van der Waals surface area contributed by atoms with Gasteiger partial charge in [0.2, 0.25) is 0 Å². The van der Waals surface area contributed by atoms with Crippen LogP contribution < -0.4 is 14.2 Å². The topological polar surface area (TPSA) is 149 Å². The van der Waals surface area contributed by atoms with Crippen molar-refractivity contribution < 1.29 is 47.6 Å². The van der Waals surface area contributed by atoms with Crippen molar-refractivity contribution in [2.24, 2.45) is 10.9 Å². The molecule has 0 amide bonds. The lowest BCUT2D eigenvalue weighted by Crippen LogP contribution is -2.12. The summed E-state index contributed by atoms with van der Waals surface area (Å²) in [4.78, 5) is 59.5. The number of hydrogen-bond donors (Lipinski definition) is 0. The molecule has 13 heteroatoms. The Bertz CT molecular complexity index is 2480. The molecule has 6 rings (SSSR count). The van der Waals surface area contributed by atoms with Crippen LogP contribution in [0.25, 0.3) is 10.2 Å². The molecule has 2 atom stereocenters. The number of carbonyl (C=O) groups excluding carboxylic acids is 4. The number of carbonyl (C=O) groups is 4. The standard InChI is InChI=1S/C57H66N2O10S/c1-4-7-8-13-20-46-40-57(46,56-59-49-21-14-15-22-51(49)70-56)58-41-45-39-42(33-38-68-54(62)43-24-28-47(29-25-43)64-34-16-9-11-18-36-66-52(60)5-2)23-32-50(45)69-55(63)44-26-30-48(31-27-44)65-35-17-10-12-19-37-67-53(61)6-3/h5-6,14-15,21-32,39,41,46H,2-4,7-13,16-20,33-38,40H2,1H3. The smallest absolute Gasteiger partial charge is 0.343 e. The van der Waals surface area contributed by atoms with Crippen LogP contribution in [0.15, 0.2) is 121 Å². The van der Waals surface area contributed by atoms with Gasteiger partial charge in [-0.05, 0) is 148 Å². The van der Waals surface area contributed by atoms with Crippen molar-refractivity contribution in [3.05, 3.63) is 144 Å². The average Bonchev–Trinajstić information content (AvgIpc) is 3.92. The number of thiazole rings is 1. The maximum absolute atomic E-state index is 13.7. The van der Waals surface area contributed by atoms with E-state index in [1.807, 2.05) is 36.5 Å². The first kappa shape index (κ1) is 52.8. The molecule has 5 aromatic rings. The third kappa shape index (κ3) is 16.5. The normalized spacial score (nSPS) is 15.0. The summed E-state index contributed by atoms with van der Waals surface area (Å²) in [5.74, 6) is 0.260. The van der Waals surface area contributed by atoms with Gasteiger partial charge in [0.05, 0.1) is 54.4 Å². The Morgan fingerprint density at radius 1 is 0.671 bits per heavy atom. The lowest BCUT2D eigenvalue weighted by Gasteiger charge is -2.13. The maximum Gasteiger partial charge on any atom is 0.343 e. The first-order chi connectivity index (χ1) is 34.2. The molecule has 1 heterocycles. The largest absolute Gasteiger partial charge is 0.494 e. The third-order valence-electron chi connectivity index (χ3n) is 12.1. The summed E-state index contributed by atoms with van der Waals surface area (Å²) in [5.41, 5.74) is 2.81. The number of unbranched alkanes of at least 4 members (excludes halogenated alkanes) is 9. The summed E-state index contributed by atoms with van der Waals surface area (Å²) >= 11 is 1.69. The Labute approximate surface area is 416 Å². The zero-order chi connectivity index (χ0) is 49.4. The monoisotopic (exact) mass is 970 g/mol. The van der Waals surface area contributed by atoms with E-state index >= 15 is 0 Å². The first-order valence-electron chi connectivity index (χ1n) is 24.7. The van der Waals surface area contributed by atoms with Crippen LogP contribution in [0.2, 0.25) is 0 Å². The number of para-hydroxylation sites is 1. The Kier molecular flexibility index (Phi) is 21.2. The highest BCUT2D eigenvalue weighted by molar-refractivity contribution is 7.18. The fourth-order valence-corrected chi connectivity index (χ4v) is 9.17. The molecule has 0 bridgehead atoms. The van der Waals surface area contributed by atoms with Crippen molar-refractivity contribution in [1.29, 1.82) is 0 Å². The molecule has 0 aliphatic heterocycles. The summed E-state index contributed by atoms with van der Waals surface area (Å²) in [6.45, 7) is 11.0. The maximum atomic E-state index is 13.7. The van der Waals surface area contributed by atoms with E-state index in [0.717, 1.165) is 104 Å². The molecule has 1 aliphatic carbocycles. The van der Waals surface area contributed by atoms with Crippen LogP contribution in [0.1, 0.15) is 134 Å².